The van der Waals surface area contributed by atoms with E-state index in [1.165, 1.54) is 38.1 Å². The highest BCUT2D eigenvalue weighted by Gasteiger charge is 2.30. The topological polar surface area (TPSA) is 309 Å². The summed E-state index contributed by atoms with van der Waals surface area (Å²) in [6.45, 7) is 10.2. The summed E-state index contributed by atoms with van der Waals surface area (Å²) < 4.78 is 20.6. The Labute approximate surface area is 404 Å². The number of ketones is 1. The van der Waals surface area contributed by atoms with Gasteiger partial charge in [-0.1, -0.05) is 0 Å². The molecule has 1 aliphatic rings. The zero-order valence-electron chi connectivity index (χ0n) is 37.9. The molecule has 0 spiro atoms. The molecule has 360 valence electrons. The maximum atomic E-state index is 12.8. The van der Waals surface area contributed by atoms with Crippen molar-refractivity contribution in [3.63, 3.8) is 0 Å². The first-order valence-corrected chi connectivity index (χ1v) is 21.7. The first-order chi connectivity index (χ1) is 31.9. The molecule has 1 fully saturated rings. The summed E-state index contributed by atoms with van der Waals surface area (Å²) in [4.78, 5) is 81.2. The summed E-state index contributed by atoms with van der Waals surface area (Å²) in [5.74, 6) is -2.48. The molecule has 6 rings (SSSR count). The molecule has 23 nitrogen and oxygen atoms in total. The lowest BCUT2D eigenvalue weighted by Crippen LogP contribution is -2.16. The number of Topliss-reactive ketones (excluding diaryl/α,β-unsaturated/α-hetero) is 1. The second kappa shape index (κ2) is 23.4. The Balaban J connectivity index is 0.000000255. The first kappa shape index (κ1) is 53.2. The van der Waals surface area contributed by atoms with Gasteiger partial charge in [0, 0.05) is 49.3 Å². The lowest BCUT2D eigenvalue weighted by molar-refractivity contribution is -0.386. The fourth-order valence-electron chi connectivity index (χ4n) is 5.86. The lowest BCUT2D eigenvalue weighted by Gasteiger charge is -2.17. The van der Waals surface area contributed by atoms with Gasteiger partial charge in [-0.3, -0.25) is 29.8 Å². The average Bonchev–Trinajstić information content (AvgIpc) is 4.03. The number of methoxy groups -OCH3 is 2. The molecule has 1 saturated carbocycles. The van der Waals surface area contributed by atoms with Gasteiger partial charge in [0.25, 0.3) is 0 Å². The van der Waals surface area contributed by atoms with Gasteiger partial charge >= 0.3 is 29.3 Å². The summed E-state index contributed by atoms with van der Waals surface area (Å²) in [5.41, 5.74) is 2.56. The molecular formula is C43H45Br2N9O14. The Kier molecular flexibility index (Phi) is 18.3. The van der Waals surface area contributed by atoms with E-state index in [2.05, 4.69) is 62.9 Å². The molecule has 0 aliphatic heterocycles. The van der Waals surface area contributed by atoms with Gasteiger partial charge in [0.1, 0.15) is 5.69 Å². The van der Waals surface area contributed by atoms with E-state index >= 15 is 0 Å². The van der Waals surface area contributed by atoms with Crippen LogP contribution in [0.4, 0.5) is 28.6 Å². The number of carboxylic acids is 1. The van der Waals surface area contributed by atoms with E-state index in [9.17, 15) is 44.2 Å². The van der Waals surface area contributed by atoms with Crippen LogP contribution in [0.3, 0.4) is 0 Å². The lowest BCUT2D eigenvalue weighted by atomic mass is 10.00. The molecule has 0 unspecified atom stereocenters. The number of nitro groups is 2. The normalized spacial score (nSPS) is 11.5. The average molecular weight is 1070 g/mol. The maximum Gasteiger partial charge on any atom is 0.338 e. The Hall–Kier alpha value is -7.41. The van der Waals surface area contributed by atoms with Gasteiger partial charge in [0.05, 0.1) is 73.8 Å². The van der Waals surface area contributed by atoms with E-state index < -0.39 is 27.8 Å². The Morgan fingerprint density at radius 1 is 0.794 bits per heavy atom. The van der Waals surface area contributed by atoms with Crippen molar-refractivity contribution in [1.82, 2.24) is 25.2 Å². The van der Waals surface area contributed by atoms with Crippen LogP contribution in [0.2, 0.25) is 0 Å². The van der Waals surface area contributed by atoms with Crippen LogP contribution in [0.15, 0.2) is 57.6 Å². The van der Waals surface area contributed by atoms with Crippen molar-refractivity contribution in [2.24, 2.45) is 13.0 Å². The van der Waals surface area contributed by atoms with Gasteiger partial charge in [-0.15, -0.1) is 10.2 Å². The van der Waals surface area contributed by atoms with Crippen molar-refractivity contribution >= 4 is 90.0 Å². The number of hydrogen-bond donors (Lipinski definition) is 3. The van der Waals surface area contributed by atoms with Crippen LogP contribution in [0.5, 0.6) is 11.5 Å². The predicted octanol–water partition coefficient (Wildman–Crippen LogP) is 8.44. The third kappa shape index (κ3) is 14.1. The number of carbonyl (C=O) groups excluding carboxylic acids is 4. The molecular weight excluding hydrogens is 1030 g/mol. The molecule has 0 saturated heterocycles. The first-order valence-electron chi connectivity index (χ1n) is 20.1. The maximum absolute atomic E-state index is 12.8. The number of ether oxygens (including phenoxy) is 4. The molecule has 1 aliphatic carbocycles. The fourth-order valence-corrected chi connectivity index (χ4v) is 7.09. The van der Waals surface area contributed by atoms with E-state index in [0.29, 0.717) is 32.7 Å². The Morgan fingerprint density at radius 2 is 1.31 bits per heavy atom. The van der Waals surface area contributed by atoms with Crippen LogP contribution in [-0.2, 0) is 21.3 Å². The van der Waals surface area contributed by atoms with Crippen molar-refractivity contribution in [3.05, 3.63) is 106 Å². The second-order valence-corrected chi connectivity index (χ2v) is 16.8. The van der Waals surface area contributed by atoms with E-state index in [0.717, 1.165) is 30.5 Å². The number of aromatic nitrogens is 5. The highest BCUT2D eigenvalue weighted by atomic mass is 79.9. The standard InChI is InChI=1S/C24H27N7O4.C11H12BrNO5.C8H6BrNO5/c1-12(2)35-24(34)16-8-17(20-11-25-31(5)30-20)13(3)18(9-16)26-19-10-21(27-23(33)15-6-7-15)28-29-22(19)14(4)32;1-6(2)18-11(14)7-4-8(12)10(17-3)9(5-7)13(15)16;1-15-7-5(9)2-4(8(11)12)3-6(7)10(13)14/h8-12,15H,6-7H2,1-5H3,(H2,26,27,28,33);4-6H,1-3H3;2-3H,1H3,(H,11,12). The van der Waals surface area contributed by atoms with Gasteiger partial charge in [-0.2, -0.15) is 15.0 Å². The van der Waals surface area contributed by atoms with Crippen molar-refractivity contribution < 1.29 is 57.9 Å². The van der Waals surface area contributed by atoms with E-state index in [1.807, 2.05) is 6.92 Å². The van der Waals surface area contributed by atoms with Gasteiger partial charge in [0.15, 0.2) is 17.3 Å². The van der Waals surface area contributed by atoms with Crippen molar-refractivity contribution in [2.45, 2.75) is 66.6 Å². The molecule has 1 amide bonds. The number of hydrogen-bond acceptors (Lipinski definition) is 18. The molecule has 2 aromatic heterocycles. The van der Waals surface area contributed by atoms with Crippen molar-refractivity contribution in [3.8, 4) is 22.8 Å². The number of amides is 1. The minimum atomic E-state index is -1.23. The predicted molar refractivity (Wildman–Crippen MR) is 251 cm³/mol. The van der Waals surface area contributed by atoms with Crippen LogP contribution in [0.25, 0.3) is 11.3 Å². The summed E-state index contributed by atoms with van der Waals surface area (Å²) >= 11 is 6.13. The zero-order chi connectivity index (χ0) is 50.7. The highest BCUT2D eigenvalue weighted by Crippen LogP contribution is 2.38. The Bertz CT molecular complexity index is 2780. The van der Waals surface area contributed by atoms with Crippen molar-refractivity contribution in [2.75, 3.05) is 24.9 Å². The number of rotatable bonds is 15. The van der Waals surface area contributed by atoms with Crippen LogP contribution in [0.1, 0.15) is 94.6 Å². The number of aryl methyl sites for hydroxylation is 1. The van der Waals surface area contributed by atoms with E-state index in [4.69, 9.17) is 24.1 Å². The summed E-state index contributed by atoms with van der Waals surface area (Å²) in [6, 6.07) is 9.66. The largest absolute Gasteiger partial charge is 0.489 e. The quantitative estimate of drug-likeness (QED) is 0.0383. The van der Waals surface area contributed by atoms with Crippen molar-refractivity contribution in [1.29, 1.82) is 0 Å². The SMILES string of the molecule is CC(=O)c1nnc(NC(=O)C2CC2)cc1Nc1cc(C(=O)OC(C)C)cc(-c2cnn(C)n2)c1C.COc1c(Br)cc(C(=O)O)cc1[N+](=O)[O-].COc1c(Br)cc(C(=O)OC(C)C)cc1[N+](=O)[O-]. The summed E-state index contributed by atoms with van der Waals surface area (Å²) in [7, 11) is 4.29. The number of carboxylic acid groups (broad SMARTS) is 1. The summed E-state index contributed by atoms with van der Waals surface area (Å²) in [6.07, 6.45) is 2.70. The number of nitro benzene ring substituents is 2. The molecule has 25 heteroatoms. The van der Waals surface area contributed by atoms with Crippen LogP contribution < -0.4 is 20.1 Å². The number of benzene rings is 3. The van der Waals surface area contributed by atoms with Crippen LogP contribution in [-0.4, -0.2) is 96.2 Å². The molecule has 5 aromatic rings. The number of halogens is 2. The number of carbonyl (C=O) groups is 5. The third-order valence-electron chi connectivity index (χ3n) is 9.13. The fraction of sp³-hybridized carbons (Fsp3) is 0.326. The van der Waals surface area contributed by atoms with Gasteiger partial charge in [0.2, 0.25) is 17.4 Å². The monoisotopic (exact) mass is 1070 g/mol. The molecule has 0 atom stereocenters. The summed E-state index contributed by atoms with van der Waals surface area (Å²) in [5, 5.41) is 52.7. The molecule has 0 radical (unpaired) electrons. The van der Waals surface area contributed by atoms with Gasteiger partial charge in [-0.05, 0) is 109 Å². The highest BCUT2D eigenvalue weighted by molar-refractivity contribution is 9.11. The zero-order valence-corrected chi connectivity index (χ0v) is 41.1. The van der Waals surface area contributed by atoms with E-state index in [1.54, 1.807) is 59.1 Å². The number of anilines is 3. The second-order valence-electron chi connectivity index (χ2n) is 15.1. The third-order valence-corrected chi connectivity index (χ3v) is 10.3. The van der Waals surface area contributed by atoms with E-state index in [-0.39, 0.29) is 79.8 Å². The number of aromatic carboxylic acids is 1. The number of nitrogens with one attached hydrogen (secondary N) is 2. The van der Waals surface area contributed by atoms with Crippen LogP contribution in [0, 0.1) is 33.1 Å². The molecule has 3 aromatic carbocycles. The minimum Gasteiger partial charge on any atom is -0.489 e. The van der Waals surface area contributed by atoms with Gasteiger partial charge in [-0.25, -0.2) is 14.4 Å². The molecule has 68 heavy (non-hydrogen) atoms. The number of nitrogens with zero attached hydrogens (tertiary/aromatic N) is 7. The Morgan fingerprint density at radius 3 is 1.75 bits per heavy atom. The molecule has 0 bridgehead atoms. The molecule has 3 N–H and O–H groups in total. The van der Waals surface area contributed by atoms with Gasteiger partial charge < -0.3 is 34.7 Å². The minimum absolute atomic E-state index is 0.00463. The van der Waals surface area contributed by atoms with Crippen LogP contribution >= 0.6 is 31.9 Å². The number of esters is 2. The molecule has 2 heterocycles. The smallest absolute Gasteiger partial charge is 0.338 e.